The molecule has 2 N–H and O–H groups in total. The van der Waals surface area contributed by atoms with Crippen LogP contribution in [-0.2, 0) is 0 Å². The predicted octanol–water partition coefficient (Wildman–Crippen LogP) is 2.37. The van der Waals surface area contributed by atoms with E-state index in [4.69, 9.17) is 5.73 Å². The molecule has 2 atom stereocenters. The Labute approximate surface area is 118 Å². The zero-order chi connectivity index (χ0) is 14.7. The maximum absolute atomic E-state index is 10.8. The van der Waals surface area contributed by atoms with Gasteiger partial charge in [-0.2, -0.15) is 4.98 Å². The van der Waals surface area contributed by atoms with Gasteiger partial charge < -0.3 is 10.6 Å². The molecule has 0 spiro atoms. The summed E-state index contributed by atoms with van der Waals surface area (Å²) in [5, 5.41) is 10.8. The lowest BCUT2D eigenvalue weighted by Gasteiger charge is -2.40. The Morgan fingerprint density at radius 3 is 2.95 bits per heavy atom. The third-order valence-corrected chi connectivity index (χ3v) is 3.94. The lowest BCUT2D eigenvalue weighted by Crippen LogP contribution is -2.45. The summed E-state index contributed by atoms with van der Waals surface area (Å²) in [7, 11) is 0. The fraction of sp³-hybridized carbons (Fsp3) is 0.692. The van der Waals surface area contributed by atoms with Crippen LogP contribution < -0.4 is 10.6 Å². The van der Waals surface area contributed by atoms with Gasteiger partial charge in [0.05, 0.1) is 4.92 Å². The zero-order valence-electron chi connectivity index (χ0n) is 12.0. The Morgan fingerprint density at radius 1 is 1.60 bits per heavy atom. The standard InChI is InChI=1S/C13H21N5O2/c1-3-5-10-9(2)6-4-7-17(10)13-15-8-11(18(19)20)12(14)16-13/h8-10H,3-7H2,1-2H3,(H2,14,15,16)/t9-,10+/m1/s1. The summed E-state index contributed by atoms with van der Waals surface area (Å²) in [5.41, 5.74) is 5.43. The van der Waals surface area contributed by atoms with Crippen molar-refractivity contribution in [1.29, 1.82) is 0 Å². The SMILES string of the molecule is CCC[C@H]1[C@H](C)CCCN1c1ncc([N+](=O)[O-])c(N)n1. The summed E-state index contributed by atoms with van der Waals surface area (Å²) in [6.07, 6.45) is 5.65. The van der Waals surface area contributed by atoms with Gasteiger partial charge in [0.25, 0.3) is 0 Å². The highest BCUT2D eigenvalue weighted by Gasteiger charge is 2.30. The van der Waals surface area contributed by atoms with Gasteiger partial charge in [-0.3, -0.25) is 10.1 Å². The van der Waals surface area contributed by atoms with Crippen molar-refractivity contribution in [3.05, 3.63) is 16.3 Å². The van der Waals surface area contributed by atoms with Gasteiger partial charge in [-0.15, -0.1) is 0 Å². The molecule has 110 valence electrons. The van der Waals surface area contributed by atoms with Crippen LogP contribution >= 0.6 is 0 Å². The molecule has 1 aliphatic heterocycles. The molecular weight excluding hydrogens is 258 g/mol. The van der Waals surface area contributed by atoms with Crippen molar-refractivity contribution in [1.82, 2.24) is 9.97 Å². The minimum absolute atomic E-state index is 0.0616. The Hall–Kier alpha value is -1.92. The highest BCUT2D eigenvalue weighted by atomic mass is 16.6. The van der Waals surface area contributed by atoms with Gasteiger partial charge in [-0.25, -0.2) is 4.98 Å². The lowest BCUT2D eigenvalue weighted by atomic mass is 9.88. The highest BCUT2D eigenvalue weighted by Crippen LogP contribution is 2.30. The molecule has 0 aliphatic carbocycles. The first kappa shape index (κ1) is 14.5. The topological polar surface area (TPSA) is 98.2 Å². The van der Waals surface area contributed by atoms with E-state index in [0.717, 1.165) is 25.8 Å². The van der Waals surface area contributed by atoms with E-state index in [-0.39, 0.29) is 11.5 Å². The first-order valence-corrected chi connectivity index (χ1v) is 7.08. The summed E-state index contributed by atoms with van der Waals surface area (Å²) >= 11 is 0. The molecule has 1 aromatic heterocycles. The number of anilines is 2. The maximum Gasteiger partial charge on any atom is 0.329 e. The van der Waals surface area contributed by atoms with Crippen LogP contribution in [0.25, 0.3) is 0 Å². The smallest absolute Gasteiger partial charge is 0.329 e. The molecule has 1 aliphatic rings. The summed E-state index contributed by atoms with van der Waals surface area (Å²) in [4.78, 5) is 20.6. The van der Waals surface area contributed by atoms with Crippen molar-refractivity contribution in [2.75, 3.05) is 17.2 Å². The van der Waals surface area contributed by atoms with E-state index < -0.39 is 4.92 Å². The van der Waals surface area contributed by atoms with Gasteiger partial charge in [0.15, 0.2) is 0 Å². The number of nitro groups is 1. The van der Waals surface area contributed by atoms with Crippen molar-refractivity contribution < 1.29 is 4.92 Å². The Kier molecular flexibility index (Phi) is 4.36. The summed E-state index contributed by atoms with van der Waals surface area (Å²) < 4.78 is 0. The Balaban J connectivity index is 2.28. The zero-order valence-corrected chi connectivity index (χ0v) is 12.0. The van der Waals surface area contributed by atoms with Gasteiger partial charge in [0.1, 0.15) is 6.20 Å². The van der Waals surface area contributed by atoms with Gasteiger partial charge in [0.2, 0.25) is 11.8 Å². The quantitative estimate of drug-likeness (QED) is 0.671. The molecule has 0 bridgehead atoms. The van der Waals surface area contributed by atoms with Crippen molar-refractivity contribution >= 4 is 17.5 Å². The highest BCUT2D eigenvalue weighted by molar-refractivity contribution is 5.54. The molecule has 1 fully saturated rings. The van der Waals surface area contributed by atoms with E-state index in [9.17, 15) is 10.1 Å². The molecule has 1 aromatic rings. The van der Waals surface area contributed by atoms with Crippen molar-refractivity contribution in [2.24, 2.45) is 5.92 Å². The molecule has 0 unspecified atom stereocenters. The normalized spacial score (nSPS) is 22.8. The van der Waals surface area contributed by atoms with Gasteiger partial charge in [0, 0.05) is 12.6 Å². The number of nitrogens with zero attached hydrogens (tertiary/aromatic N) is 4. The molecule has 20 heavy (non-hydrogen) atoms. The van der Waals surface area contributed by atoms with Crippen LogP contribution in [-0.4, -0.2) is 27.5 Å². The van der Waals surface area contributed by atoms with Crippen LogP contribution in [0.1, 0.15) is 39.5 Å². The van der Waals surface area contributed by atoms with Gasteiger partial charge in [-0.1, -0.05) is 20.3 Å². The first-order chi connectivity index (χ1) is 9.54. The van der Waals surface area contributed by atoms with Crippen molar-refractivity contribution in [2.45, 2.75) is 45.6 Å². The molecule has 7 heteroatoms. The second kappa shape index (κ2) is 6.02. The van der Waals surface area contributed by atoms with Crippen molar-refractivity contribution in [3.8, 4) is 0 Å². The van der Waals surface area contributed by atoms with Gasteiger partial charge in [-0.05, 0) is 25.2 Å². The number of rotatable bonds is 4. The van der Waals surface area contributed by atoms with Crippen LogP contribution in [0, 0.1) is 16.0 Å². The number of aromatic nitrogens is 2. The molecule has 2 rings (SSSR count). The van der Waals surface area contributed by atoms with Crippen LogP contribution in [0.5, 0.6) is 0 Å². The lowest BCUT2D eigenvalue weighted by molar-refractivity contribution is -0.384. The Morgan fingerprint density at radius 2 is 2.35 bits per heavy atom. The minimum Gasteiger partial charge on any atom is -0.378 e. The average Bonchev–Trinajstić information content (AvgIpc) is 2.40. The molecular formula is C13H21N5O2. The summed E-state index contributed by atoms with van der Waals surface area (Å²) in [5.74, 6) is 1.02. The number of piperidine rings is 1. The largest absolute Gasteiger partial charge is 0.378 e. The molecule has 7 nitrogen and oxygen atoms in total. The second-order valence-corrected chi connectivity index (χ2v) is 5.37. The van der Waals surface area contributed by atoms with E-state index in [1.165, 1.54) is 12.6 Å². The third-order valence-electron chi connectivity index (χ3n) is 3.94. The fourth-order valence-electron chi connectivity index (χ4n) is 2.89. The van der Waals surface area contributed by atoms with E-state index in [1.54, 1.807) is 0 Å². The monoisotopic (exact) mass is 279 g/mol. The van der Waals surface area contributed by atoms with Crippen molar-refractivity contribution in [3.63, 3.8) is 0 Å². The van der Waals surface area contributed by atoms with Crippen LogP contribution in [0.4, 0.5) is 17.5 Å². The van der Waals surface area contributed by atoms with E-state index in [1.807, 2.05) is 0 Å². The molecule has 0 saturated carbocycles. The van der Waals surface area contributed by atoms with Crippen LogP contribution in [0.15, 0.2) is 6.20 Å². The number of nitrogen functional groups attached to an aromatic ring is 1. The first-order valence-electron chi connectivity index (χ1n) is 7.08. The fourth-order valence-corrected chi connectivity index (χ4v) is 2.89. The average molecular weight is 279 g/mol. The summed E-state index contributed by atoms with van der Waals surface area (Å²) in [6.45, 7) is 5.28. The molecule has 0 radical (unpaired) electrons. The molecule has 1 saturated heterocycles. The van der Waals surface area contributed by atoms with Crippen LogP contribution in [0.2, 0.25) is 0 Å². The maximum atomic E-state index is 10.8. The van der Waals surface area contributed by atoms with Crippen LogP contribution in [0.3, 0.4) is 0 Å². The van der Waals surface area contributed by atoms with E-state index in [2.05, 4.69) is 28.7 Å². The Bertz CT molecular complexity index is 494. The number of hydrogen-bond acceptors (Lipinski definition) is 6. The third kappa shape index (κ3) is 2.81. The molecule has 0 aromatic carbocycles. The number of hydrogen-bond donors (Lipinski definition) is 1. The van der Waals surface area contributed by atoms with E-state index in [0.29, 0.717) is 17.9 Å². The summed E-state index contributed by atoms with van der Waals surface area (Å²) in [6, 6.07) is 0.384. The molecule has 0 amide bonds. The van der Waals surface area contributed by atoms with Gasteiger partial charge >= 0.3 is 5.69 Å². The predicted molar refractivity (Wildman–Crippen MR) is 77.5 cm³/mol. The second-order valence-electron chi connectivity index (χ2n) is 5.37. The minimum atomic E-state index is -0.554. The number of nitrogens with two attached hydrogens (primary N) is 1. The van der Waals surface area contributed by atoms with E-state index >= 15 is 0 Å². The molecule has 2 heterocycles.